The lowest BCUT2D eigenvalue weighted by molar-refractivity contribution is 0.00578. The molecule has 2 aromatic rings. The van der Waals surface area contributed by atoms with Gasteiger partial charge in [0.25, 0.3) is 0 Å². The van der Waals surface area contributed by atoms with Gasteiger partial charge in [0.1, 0.15) is 11.4 Å². The monoisotopic (exact) mass is 271 g/mol. The van der Waals surface area contributed by atoms with E-state index in [1.54, 1.807) is 6.20 Å². The molecule has 0 aromatic carbocycles. The van der Waals surface area contributed by atoms with Crippen molar-refractivity contribution in [2.45, 2.75) is 38.9 Å². The summed E-state index contributed by atoms with van der Waals surface area (Å²) in [5.41, 5.74) is 0.741. The van der Waals surface area contributed by atoms with Gasteiger partial charge in [0.05, 0.1) is 11.2 Å². The van der Waals surface area contributed by atoms with E-state index in [9.17, 15) is 0 Å². The minimum absolute atomic E-state index is 0.365. The summed E-state index contributed by atoms with van der Waals surface area (Å²) in [6.07, 6.45) is 1.74. The lowest BCUT2D eigenvalue weighted by atomic mass is 9.86. The van der Waals surface area contributed by atoms with Crippen LogP contribution < -0.4 is 5.66 Å². The van der Waals surface area contributed by atoms with Gasteiger partial charge in [0.15, 0.2) is 5.76 Å². The largest absolute Gasteiger partial charge is 0.532 e. The van der Waals surface area contributed by atoms with E-state index in [1.807, 2.05) is 58.0 Å². The molecule has 0 atom stereocenters. The average molecular weight is 271 g/mol. The molecule has 1 aliphatic rings. The molecule has 2 aromatic heterocycles. The first-order valence-electron chi connectivity index (χ1n) is 6.76. The van der Waals surface area contributed by atoms with Gasteiger partial charge in [-0.05, 0) is 52.0 Å². The van der Waals surface area contributed by atoms with Crippen molar-refractivity contribution in [1.29, 1.82) is 0 Å². The molecule has 3 rings (SSSR count). The molecule has 1 fully saturated rings. The number of hydrogen-bond donors (Lipinski definition) is 0. The molecule has 1 saturated heterocycles. The second-order valence-electron chi connectivity index (χ2n) is 6.01. The molecule has 20 heavy (non-hydrogen) atoms. The van der Waals surface area contributed by atoms with Gasteiger partial charge in [-0.25, -0.2) is 0 Å². The zero-order valence-corrected chi connectivity index (χ0v) is 12.2. The molecular weight excluding hydrogens is 253 g/mol. The number of nitrogens with zero attached hydrogens (tertiary/aromatic N) is 1. The van der Waals surface area contributed by atoms with Gasteiger partial charge in [0.2, 0.25) is 0 Å². The predicted octanol–water partition coefficient (Wildman–Crippen LogP) is 2.64. The SMILES string of the molecule is CC1(C)OB(c2ccc(-c3ccccn3)o2)OC1(C)C. The number of hydrogen-bond acceptors (Lipinski definition) is 4. The number of rotatable bonds is 2. The fraction of sp³-hybridized carbons (Fsp3) is 0.400. The van der Waals surface area contributed by atoms with E-state index < -0.39 is 7.12 Å². The lowest BCUT2D eigenvalue weighted by Crippen LogP contribution is -2.41. The summed E-state index contributed by atoms with van der Waals surface area (Å²) in [5.74, 6) is 0.718. The van der Waals surface area contributed by atoms with Gasteiger partial charge < -0.3 is 13.7 Å². The molecule has 4 nitrogen and oxygen atoms in total. The van der Waals surface area contributed by atoms with Crippen LogP contribution in [0.4, 0.5) is 0 Å². The van der Waals surface area contributed by atoms with Crippen molar-refractivity contribution < 1.29 is 13.7 Å². The van der Waals surface area contributed by atoms with Gasteiger partial charge in [-0.3, -0.25) is 4.98 Å². The highest BCUT2D eigenvalue weighted by atomic mass is 16.7. The topological polar surface area (TPSA) is 44.5 Å². The molecule has 0 bridgehead atoms. The summed E-state index contributed by atoms with van der Waals surface area (Å²) < 4.78 is 17.8. The van der Waals surface area contributed by atoms with Crippen LogP contribution in [0.1, 0.15) is 27.7 Å². The van der Waals surface area contributed by atoms with Crippen LogP contribution >= 0.6 is 0 Å². The van der Waals surface area contributed by atoms with Gasteiger partial charge in [-0.15, -0.1) is 0 Å². The van der Waals surface area contributed by atoms with E-state index in [1.165, 1.54) is 0 Å². The third-order valence-electron chi connectivity index (χ3n) is 4.03. The Morgan fingerprint density at radius 3 is 2.25 bits per heavy atom. The number of aromatic nitrogens is 1. The Bertz CT molecular complexity index is 591. The second kappa shape index (κ2) is 4.47. The van der Waals surface area contributed by atoms with Crippen molar-refractivity contribution in [1.82, 2.24) is 4.98 Å². The smallest absolute Gasteiger partial charge is 0.463 e. The van der Waals surface area contributed by atoms with E-state index in [4.69, 9.17) is 13.7 Å². The molecule has 3 heterocycles. The van der Waals surface area contributed by atoms with Crippen LogP contribution in [-0.2, 0) is 9.31 Å². The zero-order chi connectivity index (χ0) is 14.4. The second-order valence-corrected chi connectivity index (χ2v) is 6.01. The molecule has 0 amide bonds. The maximum Gasteiger partial charge on any atom is 0.532 e. The van der Waals surface area contributed by atoms with Crippen LogP contribution in [0.25, 0.3) is 11.5 Å². The van der Waals surface area contributed by atoms with Crippen LogP contribution in [0.2, 0.25) is 0 Å². The summed E-state index contributed by atoms with van der Waals surface area (Å²) in [5, 5.41) is 0. The first-order chi connectivity index (χ1) is 9.39. The Balaban J connectivity index is 1.86. The molecule has 0 aliphatic carbocycles. The fourth-order valence-corrected chi connectivity index (χ4v) is 2.08. The zero-order valence-electron chi connectivity index (χ0n) is 12.2. The lowest BCUT2D eigenvalue weighted by Gasteiger charge is -2.32. The van der Waals surface area contributed by atoms with Crippen LogP contribution in [0.15, 0.2) is 40.9 Å². The van der Waals surface area contributed by atoms with Crippen molar-refractivity contribution >= 4 is 12.8 Å². The minimum Gasteiger partial charge on any atom is -0.463 e. The van der Waals surface area contributed by atoms with Crippen molar-refractivity contribution in [3.05, 3.63) is 36.5 Å². The first kappa shape index (κ1) is 13.4. The van der Waals surface area contributed by atoms with Crippen LogP contribution in [0, 0.1) is 0 Å². The molecular formula is C15H18BNO3. The van der Waals surface area contributed by atoms with Gasteiger partial charge in [0, 0.05) is 6.20 Å². The maximum absolute atomic E-state index is 5.96. The predicted molar refractivity (Wildman–Crippen MR) is 77.7 cm³/mol. The van der Waals surface area contributed by atoms with Gasteiger partial charge >= 0.3 is 7.12 Å². The van der Waals surface area contributed by atoms with Gasteiger partial charge in [-0.2, -0.15) is 0 Å². The Morgan fingerprint density at radius 2 is 1.65 bits per heavy atom. The van der Waals surface area contributed by atoms with Crippen LogP contribution in [-0.4, -0.2) is 23.3 Å². The highest BCUT2D eigenvalue weighted by molar-refractivity contribution is 6.60. The molecule has 5 heteroatoms. The summed E-state index contributed by atoms with van der Waals surface area (Å²) >= 11 is 0. The first-order valence-corrected chi connectivity index (χ1v) is 6.76. The highest BCUT2D eigenvalue weighted by Crippen LogP contribution is 2.36. The minimum atomic E-state index is -0.475. The molecule has 0 spiro atoms. The summed E-state index contributed by atoms with van der Waals surface area (Å²) in [6, 6.07) is 9.49. The van der Waals surface area contributed by atoms with Crippen molar-refractivity contribution in [2.75, 3.05) is 0 Å². The van der Waals surface area contributed by atoms with Crippen molar-refractivity contribution in [3.63, 3.8) is 0 Å². The standard InChI is InChI=1S/C15H18BNO3/c1-14(2)15(3,4)20-16(19-14)13-9-8-12(18-13)11-7-5-6-10-17-11/h5-10H,1-4H3. The fourth-order valence-electron chi connectivity index (χ4n) is 2.08. The third kappa shape index (κ3) is 2.17. The van der Waals surface area contributed by atoms with E-state index >= 15 is 0 Å². The van der Waals surface area contributed by atoms with Crippen LogP contribution in [0.5, 0.6) is 0 Å². The number of pyridine rings is 1. The maximum atomic E-state index is 5.96. The molecule has 1 aliphatic heterocycles. The highest BCUT2D eigenvalue weighted by Gasteiger charge is 2.53. The van der Waals surface area contributed by atoms with E-state index in [0.717, 1.165) is 11.5 Å². The van der Waals surface area contributed by atoms with E-state index in [0.29, 0.717) is 5.66 Å². The van der Waals surface area contributed by atoms with Crippen molar-refractivity contribution in [3.8, 4) is 11.5 Å². The molecule has 0 N–H and O–H groups in total. The Hall–Kier alpha value is -1.59. The summed E-state index contributed by atoms with van der Waals surface area (Å²) in [4.78, 5) is 4.27. The van der Waals surface area contributed by atoms with Crippen LogP contribution in [0.3, 0.4) is 0 Å². The normalized spacial score (nSPS) is 20.3. The van der Waals surface area contributed by atoms with Crippen molar-refractivity contribution in [2.24, 2.45) is 0 Å². The molecule has 0 saturated carbocycles. The quantitative estimate of drug-likeness (QED) is 0.787. The third-order valence-corrected chi connectivity index (χ3v) is 4.03. The average Bonchev–Trinajstić information content (AvgIpc) is 2.94. The summed E-state index contributed by atoms with van der Waals surface area (Å²) in [7, 11) is -0.475. The summed E-state index contributed by atoms with van der Waals surface area (Å²) in [6.45, 7) is 8.09. The Kier molecular flexibility index (Phi) is 2.99. The Labute approximate surface area is 119 Å². The molecule has 104 valence electrons. The van der Waals surface area contributed by atoms with E-state index in [-0.39, 0.29) is 11.2 Å². The van der Waals surface area contributed by atoms with Gasteiger partial charge in [-0.1, -0.05) is 6.07 Å². The van der Waals surface area contributed by atoms with E-state index in [2.05, 4.69) is 4.98 Å². The molecule has 0 unspecified atom stereocenters. The Morgan fingerprint density at radius 1 is 0.950 bits per heavy atom. The molecule has 0 radical (unpaired) electrons. The number of furan rings is 1.